The lowest BCUT2D eigenvalue weighted by atomic mass is 10.1. The molecule has 31 heavy (non-hydrogen) atoms. The number of hydrogen-bond donors (Lipinski definition) is 1. The number of amides is 2. The Labute approximate surface area is 183 Å². The number of imide groups is 1. The number of benzene rings is 3. The number of carbonyl (C=O) groups is 2. The predicted molar refractivity (Wildman–Crippen MR) is 121 cm³/mol. The SMILES string of the molecule is Cc1ccccc1C(=O)N(C=O)CC(O)CN(Cc1ccccc1)Cc1ccccc1. The molecule has 0 saturated carbocycles. The van der Waals surface area contributed by atoms with E-state index in [1.165, 1.54) is 0 Å². The highest BCUT2D eigenvalue weighted by Crippen LogP contribution is 2.13. The van der Waals surface area contributed by atoms with E-state index in [1.54, 1.807) is 12.1 Å². The summed E-state index contributed by atoms with van der Waals surface area (Å²) in [7, 11) is 0. The lowest BCUT2D eigenvalue weighted by Gasteiger charge is -2.27. The number of hydrogen-bond acceptors (Lipinski definition) is 4. The third-order valence-corrected chi connectivity index (χ3v) is 5.14. The average molecular weight is 417 g/mol. The highest BCUT2D eigenvalue weighted by molar-refractivity contribution is 6.00. The van der Waals surface area contributed by atoms with Crippen LogP contribution in [0.2, 0.25) is 0 Å². The standard InChI is InChI=1S/C26H28N2O3/c1-21-10-8-9-15-25(21)26(31)28(20-29)19-24(30)18-27(16-22-11-4-2-5-12-22)17-23-13-6-3-7-14-23/h2-15,20,24,30H,16-19H2,1H3. The first kappa shape index (κ1) is 22.4. The molecule has 160 valence electrons. The minimum Gasteiger partial charge on any atom is -0.390 e. The zero-order chi connectivity index (χ0) is 22.1. The van der Waals surface area contributed by atoms with E-state index in [2.05, 4.69) is 4.90 Å². The van der Waals surface area contributed by atoms with Crippen LogP contribution in [-0.4, -0.2) is 46.4 Å². The molecule has 1 unspecified atom stereocenters. The average Bonchev–Trinajstić information content (AvgIpc) is 2.78. The van der Waals surface area contributed by atoms with Crippen molar-refractivity contribution in [3.63, 3.8) is 0 Å². The van der Waals surface area contributed by atoms with Crippen molar-refractivity contribution >= 4 is 12.3 Å². The summed E-state index contributed by atoms with van der Waals surface area (Å²) in [6.07, 6.45) is -0.373. The Morgan fingerprint density at radius 3 is 1.87 bits per heavy atom. The molecule has 3 rings (SSSR count). The summed E-state index contributed by atoms with van der Waals surface area (Å²) in [5.41, 5.74) is 3.53. The largest absolute Gasteiger partial charge is 0.390 e. The fourth-order valence-electron chi connectivity index (χ4n) is 3.59. The molecule has 1 N–H and O–H groups in total. The van der Waals surface area contributed by atoms with E-state index in [-0.39, 0.29) is 6.54 Å². The zero-order valence-corrected chi connectivity index (χ0v) is 17.7. The van der Waals surface area contributed by atoms with Gasteiger partial charge in [0.1, 0.15) is 0 Å². The van der Waals surface area contributed by atoms with E-state index in [4.69, 9.17) is 0 Å². The van der Waals surface area contributed by atoms with Crippen molar-refractivity contribution in [3.05, 3.63) is 107 Å². The maximum Gasteiger partial charge on any atom is 0.260 e. The number of aliphatic hydroxyl groups is 1. The molecule has 1 atom stereocenters. The third-order valence-electron chi connectivity index (χ3n) is 5.14. The maximum absolute atomic E-state index is 12.8. The zero-order valence-electron chi connectivity index (χ0n) is 17.7. The highest BCUT2D eigenvalue weighted by atomic mass is 16.3. The second kappa shape index (κ2) is 11.2. The molecule has 0 heterocycles. The topological polar surface area (TPSA) is 60.9 Å². The number of rotatable bonds is 10. The van der Waals surface area contributed by atoms with Gasteiger partial charge in [-0.1, -0.05) is 78.9 Å². The molecular formula is C26H28N2O3. The van der Waals surface area contributed by atoms with Crippen LogP contribution < -0.4 is 0 Å². The van der Waals surface area contributed by atoms with E-state index in [0.29, 0.717) is 31.6 Å². The van der Waals surface area contributed by atoms with E-state index in [0.717, 1.165) is 21.6 Å². The van der Waals surface area contributed by atoms with Crippen LogP contribution in [0.25, 0.3) is 0 Å². The molecule has 0 aromatic heterocycles. The fraction of sp³-hybridized carbons (Fsp3) is 0.231. The summed E-state index contributed by atoms with van der Waals surface area (Å²) < 4.78 is 0. The molecule has 3 aromatic rings. The van der Waals surface area contributed by atoms with Crippen LogP contribution in [0.15, 0.2) is 84.9 Å². The monoisotopic (exact) mass is 416 g/mol. The van der Waals surface area contributed by atoms with Crippen molar-refractivity contribution in [2.24, 2.45) is 0 Å². The first-order valence-electron chi connectivity index (χ1n) is 10.4. The summed E-state index contributed by atoms with van der Waals surface area (Å²) in [6.45, 7) is 3.40. The van der Waals surface area contributed by atoms with Crippen molar-refractivity contribution in [1.82, 2.24) is 9.80 Å². The van der Waals surface area contributed by atoms with Gasteiger partial charge in [-0.05, 0) is 29.7 Å². The molecule has 0 aliphatic rings. The van der Waals surface area contributed by atoms with Crippen LogP contribution in [0.3, 0.4) is 0 Å². The third kappa shape index (κ3) is 6.60. The van der Waals surface area contributed by atoms with Crippen molar-refractivity contribution in [1.29, 1.82) is 0 Å². The van der Waals surface area contributed by atoms with Crippen LogP contribution >= 0.6 is 0 Å². The van der Waals surface area contributed by atoms with Gasteiger partial charge in [-0.3, -0.25) is 19.4 Å². The van der Waals surface area contributed by atoms with Crippen LogP contribution in [0, 0.1) is 6.92 Å². The van der Waals surface area contributed by atoms with E-state index < -0.39 is 12.0 Å². The summed E-state index contributed by atoms with van der Waals surface area (Å²) >= 11 is 0. The summed E-state index contributed by atoms with van der Waals surface area (Å²) in [5.74, 6) is -0.398. The Bertz CT molecular complexity index is 935. The van der Waals surface area contributed by atoms with Gasteiger partial charge in [0, 0.05) is 25.2 Å². The molecule has 5 heteroatoms. The molecule has 0 radical (unpaired) electrons. The van der Waals surface area contributed by atoms with Gasteiger partial charge < -0.3 is 5.11 Å². The van der Waals surface area contributed by atoms with Gasteiger partial charge in [-0.2, -0.15) is 0 Å². The van der Waals surface area contributed by atoms with Gasteiger partial charge >= 0.3 is 0 Å². The molecular weight excluding hydrogens is 388 g/mol. The Morgan fingerprint density at radius 2 is 1.35 bits per heavy atom. The van der Waals surface area contributed by atoms with Crippen LogP contribution in [-0.2, 0) is 17.9 Å². The molecule has 0 bridgehead atoms. The minimum atomic E-state index is -0.870. The summed E-state index contributed by atoms with van der Waals surface area (Å²) in [4.78, 5) is 27.6. The van der Waals surface area contributed by atoms with Crippen molar-refractivity contribution in [2.75, 3.05) is 13.1 Å². The molecule has 0 fully saturated rings. The molecule has 0 saturated heterocycles. The van der Waals surface area contributed by atoms with Gasteiger partial charge in [0.25, 0.3) is 5.91 Å². The molecule has 3 aromatic carbocycles. The van der Waals surface area contributed by atoms with Gasteiger partial charge in [-0.15, -0.1) is 0 Å². The van der Waals surface area contributed by atoms with Gasteiger partial charge in [0.05, 0.1) is 12.6 Å². The second-order valence-corrected chi connectivity index (χ2v) is 7.67. The number of carbonyl (C=O) groups excluding carboxylic acids is 2. The van der Waals surface area contributed by atoms with E-state index in [1.807, 2.05) is 79.7 Å². The number of aryl methyl sites for hydroxylation is 1. The Morgan fingerprint density at radius 1 is 0.839 bits per heavy atom. The van der Waals surface area contributed by atoms with Crippen LogP contribution in [0.1, 0.15) is 27.0 Å². The van der Waals surface area contributed by atoms with Crippen molar-refractivity contribution in [3.8, 4) is 0 Å². The van der Waals surface area contributed by atoms with Crippen LogP contribution in [0.5, 0.6) is 0 Å². The summed E-state index contributed by atoms with van der Waals surface area (Å²) in [5, 5.41) is 10.7. The van der Waals surface area contributed by atoms with Gasteiger partial charge in [0.15, 0.2) is 0 Å². The molecule has 2 amide bonds. The highest BCUT2D eigenvalue weighted by Gasteiger charge is 2.21. The molecule has 5 nitrogen and oxygen atoms in total. The number of nitrogens with zero attached hydrogens (tertiary/aromatic N) is 2. The molecule has 0 aliphatic heterocycles. The van der Waals surface area contributed by atoms with Crippen LogP contribution in [0.4, 0.5) is 0 Å². The minimum absolute atomic E-state index is 0.0588. The van der Waals surface area contributed by atoms with Gasteiger partial charge in [-0.25, -0.2) is 0 Å². The lowest BCUT2D eigenvalue weighted by molar-refractivity contribution is -0.117. The van der Waals surface area contributed by atoms with Crippen molar-refractivity contribution < 1.29 is 14.7 Å². The molecule has 0 aliphatic carbocycles. The van der Waals surface area contributed by atoms with Crippen molar-refractivity contribution in [2.45, 2.75) is 26.1 Å². The van der Waals surface area contributed by atoms with E-state index in [9.17, 15) is 14.7 Å². The van der Waals surface area contributed by atoms with E-state index >= 15 is 0 Å². The normalized spacial score (nSPS) is 11.8. The maximum atomic E-state index is 12.8. The first-order valence-corrected chi connectivity index (χ1v) is 10.4. The second-order valence-electron chi connectivity index (χ2n) is 7.67. The Kier molecular flexibility index (Phi) is 8.10. The predicted octanol–water partition coefficient (Wildman–Crippen LogP) is 3.66. The fourth-order valence-corrected chi connectivity index (χ4v) is 3.59. The van der Waals surface area contributed by atoms with Gasteiger partial charge in [0.2, 0.25) is 6.41 Å². The Hall–Kier alpha value is -3.28. The number of aliphatic hydroxyl groups excluding tert-OH is 1. The smallest absolute Gasteiger partial charge is 0.260 e. The quantitative estimate of drug-likeness (QED) is 0.513. The Balaban J connectivity index is 1.69. The molecule has 0 spiro atoms. The first-order chi connectivity index (χ1) is 15.1. The summed E-state index contributed by atoms with van der Waals surface area (Å²) in [6, 6.07) is 27.2. The lowest BCUT2D eigenvalue weighted by Crippen LogP contribution is -2.42.